The number of alkyl halides is 3. The van der Waals surface area contributed by atoms with Crippen LogP contribution >= 0.6 is 0 Å². The van der Waals surface area contributed by atoms with Gasteiger partial charge in [0.1, 0.15) is 11.4 Å². The molecule has 0 bridgehead atoms. The molecule has 18 heavy (non-hydrogen) atoms. The van der Waals surface area contributed by atoms with Gasteiger partial charge in [-0.2, -0.15) is 13.2 Å². The molecule has 1 radical (unpaired) electrons. The van der Waals surface area contributed by atoms with E-state index in [1.807, 2.05) is 0 Å². The second-order valence-corrected chi connectivity index (χ2v) is 3.33. The molecule has 0 atom stereocenters. The number of benzene rings is 1. The van der Waals surface area contributed by atoms with E-state index in [1.54, 1.807) is 0 Å². The number of aromatic nitrogens is 1. The van der Waals surface area contributed by atoms with Crippen molar-refractivity contribution in [3.05, 3.63) is 54.1 Å². The van der Waals surface area contributed by atoms with Crippen LogP contribution in [0.1, 0.15) is 5.69 Å². The van der Waals surface area contributed by atoms with Crippen LogP contribution in [0.5, 0.6) is 11.5 Å². The van der Waals surface area contributed by atoms with Gasteiger partial charge in [-0.1, -0.05) is 6.07 Å². The van der Waals surface area contributed by atoms with E-state index in [0.717, 1.165) is 12.3 Å². The van der Waals surface area contributed by atoms with E-state index in [9.17, 15) is 17.6 Å². The number of hydrogen-bond acceptors (Lipinski definition) is 2. The third-order valence-corrected chi connectivity index (χ3v) is 2.03. The Morgan fingerprint density at radius 3 is 2.67 bits per heavy atom. The van der Waals surface area contributed by atoms with Crippen molar-refractivity contribution in [3.8, 4) is 11.5 Å². The molecule has 2 aromatic rings. The lowest BCUT2D eigenvalue weighted by molar-refractivity contribution is -0.141. The minimum absolute atomic E-state index is 0.137. The maximum absolute atomic E-state index is 13.2. The highest BCUT2D eigenvalue weighted by atomic mass is 19.4. The summed E-state index contributed by atoms with van der Waals surface area (Å²) in [7, 11) is 0. The van der Waals surface area contributed by atoms with Crippen molar-refractivity contribution in [2.45, 2.75) is 6.18 Å². The lowest BCUT2D eigenvalue weighted by atomic mass is 10.3. The Morgan fingerprint density at radius 1 is 1.22 bits per heavy atom. The van der Waals surface area contributed by atoms with Crippen LogP contribution in [0, 0.1) is 11.9 Å². The highest BCUT2D eigenvalue weighted by Crippen LogP contribution is 2.31. The molecule has 6 heteroatoms. The van der Waals surface area contributed by atoms with Gasteiger partial charge in [0.05, 0.1) is 0 Å². The Morgan fingerprint density at radius 2 is 2.00 bits per heavy atom. The smallest absolute Gasteiger partial charge is 0.433 e. The monoisotopic (exact) mass is 256 g/mol. The first kappa shape index (κ1) is 12.3. The first-order valence-corrected chi connectivity index (χ1v) is 4.83. The van der Waals surface area contributed by atoms with Gasteiger partial charge in [-0.15, -0.1) is 0 Å². The molecule has 0 unspecified atom stereocenters. The summed E-state index contributed by atoms with van der Waals surface area (Å²) < 4.78 is 55.4. The summed E-state index contributed by atoms with van der Waals surface area (Å²) in [6, 6.07) is 8.08. The molecule has 93 valence electrons. The van der Waals surface area contributed by atoms with Crippen LogP contribution in [-0.4, -0.2) is 4.98 Å². The minimum Gasteiger partial charge on any atom is -0.454 e. The molecule has 1 aromatic carbocycles. The molecule has 0 amide bonds. The molecule has 2 rings (SSSR count). The Labute approximate surface area is 99.8 Å². The van der Waals surface area contributed by atoms with Crippen molar-refractivity contribution in [1.82, 2.24) is 4.98 Å². The normalized spacial score (nSPS) is 11.3. The first-order chi connectivity index (χ1) is 8.47. The molecule has 1 heterocycles. The average Bonchev–Trinajstić information content (AvgIpc) is 2.31. The zero-order chi connectivity index (χ0) is 13.2. The predicted molar refractivity (Wildman–Crippen MR) is 54.5 cm³/mol. The summed E-state index contributed by atoms with van der Waals surface area (Å²) in [6.07, 6.45) is -3.62. The summed E-state index contributed by atoms with van der Waals surface area (Å²) in [4.78, 5) is 3.17. The summed E-state index contributed by atoms with van der Waals surface area (Å²) >= 11 is 0. The Balaban J connectivity index is 2.28. The summed E-state index contributed by atoms with van der Waals surface area (Å²) in [5.74, 6) is -1.02. The number of halogens is 4. The van der Waals surface area contributed by atoms with Crippen LogP contribution in [0.15, 0.2) is 36.5 Å². The molecule has 0 aliphatic carbocycles. The zero-order valence-corrected chi connectivity index (χ0v) is 8.83. The van der Waals surface area contributed by atoms with Crippen LogP contribution in [0.25, 0.3) is 0 Å². The fourth-order valence-electron chi connectivity index (χ4n) is 1.24. The lowest BCUT2D eigenvalue weighted by Gasteiger charge is -2.09. The molecule has 0 aliphatic heterocycles. The van der Waals surface area contributed by atoms with Crippen LogP contribution in [0.2, 0.25) is 0 Å². The van der Waals surface area contributed by atoms with E-state index in [-0.39, 0.29) is 11.5 Å². The quantitative estimate of drug-likeness (QED) is 0.762. The SMILES string of the molecule is Fc1c[c]ccc1Oc1ccnc(C(F)(F)F)c1. The lowest BCUT2D eigenvalue weighted by Crippen LogP contribution is -2.07. The van der Waals surface area contributed by atoms with Gasteiger partial charge in [-0.25, -0.2) is 4.39 Å². The number of nitrogens with zero attached hydrogens (tertiary/aromatic N) is 1. The third kappa shape index (κ3) is 2.77. The summed E-state index contributed by atoms with van der Waals surface area (Å²) in [6.45, 7) is 0. The molecular weight excluding hydrogens is 250 g/mol. The van der Waals surface area contributed by atoms with Crippen LogP contribution in [0.3, 0.4) is 0 Å². The molecule has 0 saturated heterocycles. The van der Waals surface area contributed by atoms with Gasteiger partial charge in [0.2, 0.25) is 0 Å². The van der Waals surface area contributed by atoms with Gasteiger partial charge in [-0.05, 0) is 24.3 Å². The van der Waals surface area contributed by atoms with E-state index < -0.39 is 17.7 Å². The van der Waals surface area contributed by atoms with Crippen LogP contribution < -0.4 is 4.74 Å². The van der Waals surface area contributed by atoms with E-state index >= 15 is 0 Å². The molecule has 0 fully saturated rings. The van der Waals surface area contributed by atoms with E-state index in [2.05, 4.69) is 11.1 Å². The largest absolute Gasteiger partial charge is 0.454 e. The van der Waals surface area contributed by atoms with Crippen molar-refractivity contribution in [2.24, 2.45) is 0 Å². The van der Waals surface area contributed by atoms with Crippen molar-refractivity contribution < 1.29 is 22.3 Å². The second-order valence-electron chi connectivity index (χ2n) is 3.33. The molecule has 1 aromatic heterocycles. The number of rotatable bonds is 2. The Hall–Kier alpha value is -2.11. The average molecular weight is 256 g/mol. The Bertz CT molecular complexity index is 554. The second kappa shape index (κ2) is 4.64. The van der Waals surface area contributed by atoms with Gasteiger partial charge in [0.25, 0.3) is 0 Å². The number of pyridine rings is 1. The van der Waals surface area contributed by atoms with E-state index in [1.165, 1.54) is 18.2 Å². The molecule has 0 aliphatic rings. The molecule has 0 N–H and O–H groups in total. The van der Waals surface area contributed by atoms with Gasteiger partial charge < -0.3 is 4.74 Å². The Kier molecular flexibility index (Phi) is 3.18. The number of hydrogen-bond donors (Lipinski definition) is 0. The van der Waals surface area contributed by atoms with Crippen molar-refractivity contribution in [2.75, 3.05) is 0 Å². The first-order valence-electron chi connectivity index (χ1n) is 4.83. The van der Waals surface area contributed by atoms with Gasteiger partial charge >= 0.3 is 6.18 Å². The standard InChI is InChI=1S/C12H6F4NO/c13-9-3-1-2-4-10(9)18-8-5-6-17-11(7-8)12(14,15)16/h2-7H. The topological polar surface area (TPSA) is 22.1 Å². The van der Waals surface area contributed by atoms with E-state index in [4.69, 9.17) is 4.74 Å². The summed E-state index contributed by atoms with van der Waals surface area (Å²) in [5.41, 5.74) is -1.09. The highest BCUT2D eigenvalue weighted by Gasteiger charge is 2.32. The summed E-state index contributed by atoms with van der Waals surface area (Å²) in [5, 5.41) is 0. The number of ether oxygens (including phenoxy) is 1. The highest BCUT2D eigenvalue weighted by molar-refractivity contribution is 5.32. The van der Waals surface area contributed by atoms with Crippen molar-refractivity contribution in [1.29, 1.82) is 0 Å². The third-order valence-electron chi connectivity index (χ3n) is 2.03. The molecule has 0 spiro atoms. The fourth-order valence-corrected chi connectivity index (χ4v) is 1.24. The van der Waals surface area contributed by atoms with Gasteiger partial charge in [0, 0.05) is 12.3 Å². The maximum atomic E-state index is 13.2. The van der Waals surface area contributed by atoms with Crippen molar-refractivity contribution >= 4 is 0 Å². The minimum atomic E-state index is -4.57. The molecule has 0 saturated carbocycles. The zero-order valence-electron chi connectivity index (χ0n) is 8.83. The fraction of sp³-hybridized carbons (Fsp3) is 0.0833. The predicted octanol–water partition coefficient (Wildman–Crippen LogP) is 3.83. The van der Waals surface area contributed by atoms with E-state index in [0.29, 0.717) is 6.07 Å². The van der Waals surface area contributed by atoms with Crippen molar-refractivity contribution in [3.63, 3.8) is 0 Å². The van der Waals surface area contributed by atoms with Crippen LogP contribution in [0.4, 0.5) is 17.6 Å². The van der Waals surface area contributed by atoms with Crippen LogP contribution in [-0.2, 0) is 6.18 Å². The van der Waals surface area contributed by atoms with Gasteiger partial charge in [-0.3, -0.25) is 4.98 Å². The molecular formula is C12H6F4NO. The maximum Gasteiger partial charge on any atom is 0.433 e. The molecule has 2 nitrogen and oxygen atoms in total. The van der Waals surface area contributed by atoms with Gasteiger partial charge in [0.15, 0.2) is 11.6 Å².